The molecule has 2 rings (SSSR count). The Morgan fingerprint density at radius 2 is 1.11 bits per heavy atom. The van der Waals surface area contributed by atoms with Crippen molar-refractivity contribution < 1.29 is 43.6 Å². The molecule has 0 atom stereocenters. The molecule has 11 nitrogen and oxygen atoms in total. The first kappa shape index (κ1) is 19.3. The molecule has 0 unspecified atom stereocenters. The van der Waals surface area contributed by atoms with Crippen molar-refractivity contribution >= 4 is 23.9 Å². The largest absolute Gasteiger partial charge is 0.494 e. The molecule has 0 saturated heterocycles. The van der Waals surface area contributed by atoms with Gasteiger partial charge in [-0.15, -0.1) is 0 Å². The summed E-state index contributed by atoms with van der Waals surface area (Å²) in [5, 5.41) is 18.4. The van der Waals surface area contributed by atoms with Crippen LogP contribution in [0.25, 0.3) is 0 Å². The smallest absolute Gasteiger partial charge is 0.350 e. The van der Waals surface area contributed by atoms with Crippen LogP contribution in [0.3, 0.4) is 0 Å². The molecule has 0 aliphatic carbocycles. The maximum atomic E-state index is 12.4. The Labute approximate surface area is 151 Å². The molecular weight excluding hydrogens is 364 g/mol. The lowest BCUT2D eigenvalue weighted by Crippen LogP contribution is -2.20. The zero-order valence-corrected chi connectivity index (χ0v) is 14.0. The third-order valence-electron chi connectivity index (χ3n) is 3.32. The van der Waals surface area contributed by atoms with Crippen LogP contribution in [0.2, 0.25) is 0 Å². The summed E-state index contributed by atoms with van der Waals surface area (Å²) in [6.45, 7) is 0. The highest BCUT2D eigenvalue weighted by Gasteiger charge is 2.29. The summed E-state index contributed by atoms with van der Waals surface area (Å²) in [4.78, 5) is 54.6. The van der Waals surface area contributed by atoms with Crippen LogP contribution in [0.15, 0.2) is 24.8 Å². The van der Waals surface area contributed by atoms with Crippen LogP contribution in [0.1, 0.15) is 41.4 Å². The molecule has 0 aromatic carbocycles. The highest BCUT2D eigenvalue weighted by Crippen LogP contribution is 2.25. The molecule has 2 heterocycles. The number of rotatable bonds is 6. The minimum Gasteiger partial charge on any atom is -0.494 e. The number of aromatic carboxylic acids is 2. The summed E-state index contributed by atoms with van der Waals surface area (Å²) in [6.07, 6.45) is 3.87. The summed E-state index contributed by atoms with van der Waals surface area (Å²) >= 11 is 0. The first-order valence-corrected chi connectivity index (χ1v) is 7.08. The molecule has 0 fully saturated rings. The second-order valence-corrected chi connectivity index (χ2v) is 4.82. The minimum atomic E-state index is -1.51. The predicted octanol–water partition coefficient (Wildman–Crippen LogP) is 0.887. The zero-order chi connectivity index (χ0) is 20.1. The number of carbonyl (C=O) groups is 4. The van der Waals surface area contributed by atoms with Gasteiger partial charge in [0.05, 0.1) is 37.7 Å². The fourth-order valence-corrected chi connectivity index (χ4v) is 2.12. The van der Waals surface area contributed by atoms with Crippen molar-refractivity contribution in [1.29, 1.82) is 0 Å². The average Bonchev–Trinajstić information content (AvgIpc) is 2.66. The number of nitrogens with zero attached hydrogens (tertiary/aromatic N) is 2. The van der Waals surface area contributed by atoms with Crippen LogP contribution in [0, 0.1) is 0 Å². The van der Waals surface area contributed by atoms with Gasteiger partial charge in [-0.05, 0) is 0 Å². The van der Waals surface area contributed by atoms with E-state index in [4.69, 9.17) is 9.47 Å². The van der Waals surface area contributed by atoms with Crippen LogP contribution in [0.4, 0.5) is 0 Å². The number of hydrogen-bond donors (Lipinski definition) is 2. The van der Waals surface area contributed by atoms with Crippen LogP contribution < -0.4 is 9.47 Å². The summed E-state index contributed by atoms with van der Waals surface area (Å²) in [5.41, 5.74) is -2.24. The van der Waals surface area contributed by atoms with E-state index < -0.39 is 46.1 Å². The molecule has 0 bridgehead atoms. The van der Waals surface area contributed by atoms with Crippen molar-refractivity contribution in [2.24, 2.45) is 0 Å². The second-order valence-electron chi connectivity index (χ2n) is 4.82. The van der Waals surface area contributed by atoms with E-state index in [0.717, 1.165) is 39.0 Å². The Morgan fingerprint density at radius 1 is 0.741 bits per heavy atom. The lowest BCUT2D eigenvalue weighted by Gasteiger charge is -2.12. The normalized spacial score (nSPS) is 10.0. The summed E-state index contributed by atoms with van der Waals surface area (Å²) < 4.78 is 14.4. The summed E-state index contributed by atoms with van der Waals surface area (Å²) in [6, 6.07) is 0. The first-order valence-electron chi connectivity index (χ1n) is 7.08. The maximum Gasteiger partial charge on any atom is 0.350 e. The van der Waals surface area contributed by atoms with E-state index >= 15 is 0 Å². The highest BCUT2D eigenvalue weighted by atomic mass is 16.6. The molecule has 27 heavy (non-hydrogen) atoms. The maximum absolute atomic E-state index is 12.4. The van der Waals surface area contributed by atoms with Gasteiger partial charge in [-0.1, -0.05) is 0 Å². The predicted molar refractivity (Wildman–Crippen MR) is 85.2 cm³/mol. The van der Waals surface area contributed by atoms with E-state index in [1.54, 1.807) is 0 Å². The first-order chi connectivity index (χ1) is 12.8. The highest BCUT2D eigenvalue weighted by molar-refractivity contribution is 6.12. The number of methoxy groups -OCH3 is 2. The Bertz CT molecular complexity index is 864. The molecule has 0 aliphatic heterocycles. The number of carbonyl (C=O) groups excluding carboxylic acids is 2. The number of aromatic nitrogens is 2. The number of carboxylic acids is 2. The fourth-order valence-electron chi connectivity index (χ4n) is 2.12. The molecule has 2 aromatic rings. The van der Waals surface area contributed by atoms with Gasteiger partial charge < -0.3 is 24.4 Å². The van der Waals surface area contributed by atoms with Gasteiger partial charge >= 0.3 is 23.9 Å². The van der Waals surface area contributed by atoms with E-state index in [0.29, 0.717) is 0 Å². The van der Waals surface area contributed by atoms with Gasteiger partial charge in [-0.2, -0.15) is 0 Å². The van der Waals surface area contributed by atoms with Crippen LogP contribution in [-0.4, -0.2) is 58.3 Å². The summed E-state index contributed by atoms with van der Waals surface area (Å²) in [7, 11) is 2.32. The van der Waals surface area contributed by atoms with Gasteiger partial charge in [0.1, 0.15) is 11.1 Å². The van der Waals surface area contributed by atoms with Gasteiger partial charge in [-0.3, -0.25) is 9.97 Å². The van der Waals surface area contributed by atoms with E-state index in [1.165, 1.54) is 0 Å². The van der Waals surface area contributed by atoms with E-state index in [2.05, 4.69) is 14.7 Å². The fraction of sp³-hybridized carbons (Fsp3) is 0.125. The Kier molecular flexibility index (Phi) is 5.65. The molecule has 2 aromatic heterocycles. The van der Waals surface area contributed by atoms with E-state index in [-0.39, 0.29) is 11.5 Å². The molecule has 0 spiro atoms. The third-order valence-corrected chi connectivity index (χ3v) is 3.32. The van der Waals surface area contributed by atoms with Crippen molar-refractivity contribution in [2.45, 2.75) is 0 Å². The van der Waals surface area contributed by atoms with Gasteiger partial charge in [0, 0.05) is 12.4 Å². The molecule has 2 N–H and O–H groups in total. The average molecular weight is 376 g/mol. The Balaban J connectivity index is 2.48. The van der Waals surface area contributed by atoms with Gasteiger partial charge in [0.25, 0.3) is 0 Å². The lowest BCUT2D eigenvalue weighted by molar-refractivity contribution is 0.0382. The molecule has 0 radical (unpaired) electrons. The van der Waals surface area contributed by atoms with Crippen LogP contribution >= 0.6 is 0 Å². The number of ether oxygens (including phenoxy) is 3. The quantitative estimate of drug-likeness (QED) is 0.543. The summed E-state index contributed by atoms with van der Waals surface area (Å²) in [5.74, 6) is -6.23. The Morgan fingerprint density at radius 3 is 1.41 bits per heavy atom. The van der Waals surface area contributed by atoms with Crippen molar-refractivity contribution in [3.63, 3.8) is 0 Å². The number of pyridine rings is 2. The molecular formula is C16H12N2O9. The van der Waals surface area contributed by atoms with E-state index in [1.807, 2.05) is 0 Å². The van der Waals surface area contributed by atoms with Gasteiger partial charge in [0.2, 0.25) is 0 Å². The Hall–Kier alpha value is -4.02. The van der Waals surface area contributed by atoms with Crippen molar-refractivity contribution in [1.82, 2.24) is 9.97 Å². The van der Waals surface area contributed by atoms with Crippen molar-refractivity contribution in [3.8, 4) is 11.5 Å². The lowest BCUT2D eigenvalue weighted by atomic mass is 10.1. The topological polar surface area (TPSA) is 162 Å². The third kappa shape index (κ3) is 3.81. The molecule has 11 heteroatoms. The molecule has 140 valence electrons. The monoisotopic (exact) mass is 376 g/mol. The van der Waals surface area contributed by atoms with Crippen molar-refractivity contribution in [2.75, 3.05) is 14.2 Å². The SMILES string of the molecule is COc1cncc(C(=O)O)c1C(=O)OC(=O)c1c(OC)cncc1C(=O)O. The van der Waals surface area contributed by atoms with Gasteiger partial charge in [0.15, 0.2) is 11.5 Å². The number of hydrogen-bond acceptors (Lipinski definition) is 9. The van der Waals surface area contributed by atoms with Crippen LogP contribution in [0.5, 0.6) is 11.5 Å². The molecule has 0 aliphatic rings. The molecule has 0 saturated carbocycles. The van der Waals surface area contributed by atoms with Crippen molar-refractivity contribution in [3.05, 3.63) is 47.0 Å². The van der Waals surface area contributed by atoms with Gasteiger partial charge in [-0.25, -0.2) is 19.2 Å². The minimum absolute atomic E-state index is 0.243. The number of carboxylic acid groups (broad SMARTS) is 2. The number of esters is 2. The zero-order valence-electron chi connectivity index (χ0n) is 14.0. The van der Waals surface area contributed by atoms with E-state index in [9.17, 15) is 29.4 Å². The second kappa shape index (κ2) is 7.91. The standard InChI is InChI=1S/C16H12N2O9/c1-25-9-5-17-3-7(13(19)20)11(9)15(23)27-16(24)12-8(14(21)22)4-18-6-10(12)26-2/h3-6H,1-2H3,(H,19,20)(H,21,22). The molecule has 0 amide bonds. The van der Waals surface area contributed by atoms with Crippen LogP contribution in [-0.2, 0) is 4.74 Å².